The van der Waals surface area contributed by atoms with E-state index in [2.05, 4.69) is 10.6 Å². The highest BCUT2D eigenvalue weighted by atomic mass is 16.5. The van der Waals surface area contributed by atoms with Crippen LogP contribution in [0.5, 0.6) is 0 Å². The van der Waals surface area contributed by atoms with Crippen molar-refractivity contribution in [2.45, 2.75) is 39.5 Å². The fraction of sp³-hybridized carbons (Fsp3) is 0.467. The number of amides is 4. The molecular weight excluding hydrogens is 496 g/mol. The zero-order valence-electron chi connectivity index (χ0n) is 22.8. The van der Waals surface area contributed by atoms with Crippen LogP contribution in [0, 0.1) is 18.8 Å². The molecule has 2 fully saturated rings. The summed E-state index contributed by atoms with van der Waals surface area (Å²) in [5.41, 5.74) is 2.82. The maximum atomic E-state index is 13.2. The first-order valence-electron chi connectivity index (χ1n) is 13.8. The Morgan fingerprint density at radius 3 is 2.44 bits per heavy atom. The summed E-state index contributed by atoms with van der Waals surface area (Å²) in [4.78, 5) is 55.0. The minimum atomic E-state index is -0.372. The second kappa shape index (κ2) is 13.4. The second-order valence-corrected chi connectivity index (χ2v) is 10.2. The third-order valence-electron chi connectivity index (χ3n) is 7.38. The number of nitrogens with zero attached hydrogens (tertiary/aromatic N) is 2. The predicted molar refractivity (Wildman–Crippen MR) is 149 cm³/mol. The highest BCUT2D eigenvalue weighted by Gasteiger charge is 2.38. The van der Waals surface area contributed by atoms with Crippen molar-refractivity contribution < 1.29 is 23.9 Å². The van der Waals surface area contributed by atoms with Gasteiger partial charge in [0.15, 0.2) is 0 Å². The van der Waals surface area contributed by atoms with Crippen molar-refractivity contribution in [2.75, 3.05) is 49.6 Å². The normalized spacial score (nSPS) is 17.8. The molecule has 2 aromatic rings. The second-order valence-electron chi connectivity index (χ2n) is 10.2. The van der Waals surface area contributed by atoms with Crippen molar-refractivity contribution in [1.82, 2.24) is 10.2 Å². The van der Waals surface area contributed by atoms with Gasteiger partial charge in [-0.25, -0.2) is 0 Å². The Hall–Kier alpha value is -3.72. The number of para-hydroxylation sites is 1. The zero-order valence-corrected chi connectivity index (χ0v) is 22.8. The van der Waals surface area contributed by atoms with Crippen LogP contribution in [-0.2, 0) is 19.1 Å². The summed E-state index contributed by atoms with van der Waals surface area (Å²) in [7, 11) is 0. The van der Waals surface area contributed by atoms with E-state index < -0.39 is 0 Å². The Kier molecular flexibility index (Phi) is 9.70. The summed E-state index contributed by atoms with van der Waals surface area (Å²) in [6, 6.07) is 14.7. The molecule has 0 bridgehead atoms. The number of aryl methyl sites for hydroxylation is 1. The van der Waals surface area contributed by atoms with Crippen LogP contribution in [0.3, 0.4) is 0 Å². The molecule has 2 aliphatic heterocycles. The van der Waals surface area contributed by atoms with E-state index in [1.807, 2.05) is 38.1 Å². The summed E-state index contributed by atoms with van der Waals surface area (Å²) in [6.07, 6.45) is 1.99. The molecule has 208 valence electrons. The van der Waals surface area contributed by atoms with Crippen LogP contribution < -0.4 is 15.5 Å². The van der Waals surface area contributed by atoms with Gasteiger partial charge in [-0.3, -0.25) is 19.2 Å². The minimum absolute atomic E-state index is 0.0248. The first kappa shape index (κ1) is 28.3. The van der Waals surface area contributed by atoms with E-state index in [9.17, 15) is 19.2 Å². The number of anilines is 2. The number of carbonyl (C=O) groups excluding carboxylic acids is 4. The zero-order chi connectivity index (χ0) is 27.8. The summed E-state index contributed by atoms with van der Waals surface area (Å²) < 4.78 is 5.30. The van der Waals surface area contributed by atoms with Crippen LogP contribution >= 0.6 is 0 Å². The smallest absolute Gasteiger partial charge is 0.253 e. The van der Waals surface area contributed by atoms with Gasteiger partial charge < -0.3 is 25.2 Å². The van der Waals surface area contributed by atoms with Crippen molar-refractivity contribution in [2.24, 2.45) is 11.8 Å². The van der Waals surface area contributed by atoms with E-state index >= 15 is 0 Å². The Bertz CT molecular complexity index is 1170. The number of ether oxygens (including phenoxy) is 1. The molecule has 1 unspecified atom stereocenters. The Morgan fingerprint density at radius 2 is 1.72 bits per heavy atom. The first-order valence-corrected chi connectivity index (χ1v) is 13.8. The van der Waals surface area contributed by atoms with Crippen molar-refractivity contribution >= 4 is 35.0 Å². The number of benzene rings is 2. The predicted octanol–water partition coefficient (Wildman–Crippen LogP) is 3.38. The summed E-state index contributed by atoms with van der Waals surface area (Å²) >= 11 is 0. The van der Waals surface area contributed by atoms with Gasteiger partial charge in [0.2, 0.25) is 17.7 Å². The fourth-order valence-corrected chi connectivity index (χ4v) is 5.11. The molecule has 2 aliphatic rings. The van der Waals surface area contributed by atoms with Crippen LogP contribution in [0.1, 0.15) is 48.5 Å². The van der Waals surface area contributed by atoms with E-state index in [1.165, 1.54) is 0 Å². The molecule has 9 nitrogen and oxygen atoms in total. The number of likely N-dealkylation sites (tertiary alicyclic amines) is 1. The van der Waals surface area contributed by atoms with Gasteiger partial charge in [0.05, 0.1) is 17.2 Å². The molecule has 39 heavy (non-hydrogen) atoms. The van der Waals surface area contributed by atoms with Gasteiger partial charge >= 0.3 is 0 Å². The molecule has 0 aromatic heterocycles. The molecule has 2 N–H and O–H groups in total. The van der Waals surface area contributed by atoms with Crippen LogP contribution in [0.4, 0.5) is 11.4 Å². The van der Waals surface area contributed by atoms with E-state index in [0.29, 0.717) is 69.9 Å². The number of hydrogen-bond donors (Lipinski definition) is 2. The quantitative estimate of drug-likeness (QED) is 0.455. The van der Waals surface area contributed by atoms with Crippen LogP contribution in [0.25, 0.3) is 0 Å². The van der Waals surface area contributed by atoms with Gasteiger partial charge in [-0.05, 0) is 57.4 Å². The lowest BCUT2D eigenvalue weighted by Gasteiger charge is -2.33. The molecule has 0 saturated carbocycles. The van der Waals surface area contributed by atoms with Gasteiger partial charge in [-0.1, -0.05) is 29.8 Å². The SMILES string of the molecule is CCOCCCNC(=O)c1ccccc1NC(=O)C1CCN(C(=O)C2CC(=O)N(c3ccc(C)cc3)C2)CC1. The van der Waals surface area contributed by atoms with E-state index in [-0.39, 0.29) is 41.9 Å². The van der Waals surface area contributed by atoms with Crippen LogP contribution in [0.2, 0.25) is 0 Å². The summed E-state index contributed by atoms with van der Waals surface area (Å²) in [6.45, 7) is 6.95. The molecule has 2 saturated heterocycles. The number of carbonyl (C=O) groups is 4. The average Bonchev–Trinajstić information content (AvgIpc) is 3.34. The molecule has 0 spiro atoms. The molecule has 2 heterocycles. The molecular formula is C30H38N4O5. The molecule has 9 heteroatoms. The minimum Gasteiger partial charge on any atom is -0.382 e. The molecule has 0 aliphatic carbocycles. The van der Waals surface area contributed by atoms with Gasteiger partial charge in [0.1, 0.15) is 0 Å². The van der Waals surface area contributed by atoms with Gasteiger partial charge in [-0.2, -0.15) is 0 Å². The lowest BCUT2D eigenvalue weighted by molar-refractivity contribution is -0.138. The van der Waals surface area contributed by atoms with Crippen LogP contribution in [0.15, 0.2) is 48.5 Å². The monoisotopic (exact) mass is 534 g/mol. The summed E-state index contributed by atoms with van der Waals surface area (Å²) in [5, 5.41) is 5.80. The van der Waals surface area contributed by atoms with E-state index in [0.717, 1.165) is 11.3 Å². The van der Waals surface area contributed by atoms with Crippen molar-refractivity contribution in [3.63, 3.8) is 0 Å². The molecule has 2 aromatic carbocycles. The van der Waals surface area contributed by atoms with Gasteiger partial charge in [0.25, 0.3) is 5.91 Å². The maximum absolute atomic E-state index is 13.2. The summed E-state index contributed by atoms with van der Waals surface area (Å²) in [5.74, 6) is -1.09. The van der Waals surface area contributed by atoms with Gasteiger partial charge in [-0.15, -0.1) is 0 Å². The highest BCUT2D eigenvalue weighted by Crippen LogP contribution is 2.28. The Balaban J connectivity index is 1.27. The van der Waals surface area contributed by atoms with Crippen LogP contribution in [-0.4, -0.2) is 67.9 Å². The number of hydrogen-bond acceptors (Lipinski definition) is 5. The van der Waals surface area contributed by atoms with Gasteiger partial charge in [0, 0.05) is 57.4 Å². The number of nitrogens with one attached hydrogen (secondary N) is 2. The topological polar surface area (TPSA) is 108 Å². The third-order valence-corrected chi connectivity index (χ3v) is 7.38. The lowest BCUT2D eigenvalue weighted by atomic mass is 9.94. The van der Waals surface area contributed by atoms with Crippen molar-refractivity contribution in [3.05, 3.63) is 59.7 Å². The number of piperidine rings is 1. The third kappa shape index (κ3) is 7.23. The standard InChI is InChI=1S/C30H38N4O5/c1-3-39-18-6-15-31-29(37)25-7-4-5-8-26(25)32-28(36)22-13-16-33(17-14-22)30(38)23-19-27(35)34(20-23)24-11-9-21(2)10-12-24/h4-5,7-12,22-23H,3,6,13-20H2,1-2H3,(H,31,37)(H,32,36). The number of rotatable bonds is 10. The molecule has 4 amide bonds. The Morgan fingerprint density at radius 1 is 1.00 bits per heavy atom. The fourth-order valence-electron chi connectivity index (χ4n) is 5.11. The highest BCUT2D eigenvalue weighted by molar-refractivity contribution is 6.04. The first-order chi connectivity index (χ1) is 18.9. The molecule has 0 radical (unpaired) electrons. The largest absolute Gasteiger partial charge is 0.382 e. The van der Waals surface area contributed by atoms with Crippen molar-refractivity contribution in [1.29, 1.82) is 0 Å². The average molecular weight is 535 g/mol. The molecule has 1 atom stereocenters. The van der Waals surface area contributed by atoms with E-state index in [1.54, 1.807) is 34.1 Å². The van der Waals surface area contributed by atoms with E-state index in [4.69, 9.17) is 4.74 Å². The molecule has 4 rings (SSSR count). The van der Waals surface area contributed by atoms with Crippen molar-refractivity contribution in [3.8, 4) is 0 Å². The lowest BCUT2D eigenvalue weighted by Crippen LogP contribution is -2.44. The Labute approximate surface area is 229 Å². The maximum Gasteiger partial charge on any atom is 0.253 e.